The highest BCUT2D eigenvalue weighted by molar-refractivity contribution is 5.48. The fourth-order valence-corrected chi connectivity index (χ4v) is 6.26. The van der Waals surface area contributed by atoms with Crippen LogP contribution < -0.4 is 9.47 Å². The van der Waals surface area contributed by atoms with Crippen molar-refractivity contribution >= 4 is 0 Å². The molecule has 0 spiro atoms. The van der Waals surface area contributed by atoms with Gasteiger partial charge in [0.25, 0.3) is 0 Å². The Morgan fingerprint density at radius 3 is 2.47 bits per heavy atom. The zero-order valence-corrected chi connectivity index (χ0v) is 18.2. The average Bonchev–Trinajstić information content (AvgIpc) is 3.13. The lowest BCUT2D eigenvalue weighted by Crippen LogP contribution is -2.41. The summed E-state index contributed by atoms with van der Waals surface area (Å²) in [4.78, 5) is 0. The molecule has 3 aliphatic rings. The summed E-state index contributed by atoms with van der Waals surface area (Å²) >= 11 is 0. The standard InChI is InChI=1S/C28H30O2/c1-28-17-16-25-24-14-12-23(30-3)18-20(24)7-13-26(25)27(28)15-9-21(28)8-4-19-5-10-22(29-2)11-6-19/h5-6,9-12,14,18,25-27H,7,13,15-17H2,1-3H3/t25-,26-,27+,28-/m1/s1. The van der Waals surface area contributed by atoms with Crippen molar-refractivity contribution in [2.45, 2.75) is 44.9 Å². The van der Waals surface area contributed by atoms with Crippen LogP contribution in [0.3, 0.4) is 0 Å². The zero-order chi connectivity index (χ0) is 20.7. The second kappa shape index (κ2) is 7.55. The first kappa shape index (κ1) is 19.3. The summed E-state index contributed by atoms with van der Waals surface area (Å²) in [7, 11) is 3.46. The predicted octanol–water partition coefficient (Wildman–Crippen LogP) is 6.15. The molecular formula is C28H30O2. The van der Waals surface area contributed by atoms with Crippen LogP contribution >= 0.6 is 0 Å². The highest BCUT2D eigenvalue weighted by Crippen LogP contribution is 2.61. The number of ether oxygens (including phenoxy) is 2. The minimum Gasteiger partial charge on any atom is -0.497 e. The molecule has 0 aromatic heterocycles. The van der Waals surface area contributed by atoms with E-state index in [9.17, 15) is 0 Å². The molecule has 0 radical (unpaired) electrons. The second-order valence-corrected chi connectivity index (χ2v) is 9.27. The molecule has 0 unspecified atom stereocenters. The van der Waals surface area contributed by atoms with E-state index in [1.54, 1.807) is 19.8 Å². The Labute approximate surface area is 180 Å². The van der Waals surface area contributed by atoms with Crippen LogP contribution in [0, 0.1) is 29.1 Å². The molecule has 3 aliphatic carbocycles. The van der Waals surface area contributed by atoms with Crippen molar-refractivity contribution in [1.29, 1.82) is 0 Å². The summed E-state index contributed by atoms with van der Waals surface area (Å²) in [6, 6.07) is 14.8. The highest BCUT2D eigenvalue weighted by atomic mass is 16.5. The number of hydrogen-bond donors (Lipinski definition) is 0. The van der Waals surface area contributed by atoms with Crippen LogP contribution in [0.15, 0.2) is 54.1 Å². The van der Waals surface area contributed by atoms with Gasteiger partial charge in [0.15, 0.2) is 0 Å². The van der Waals surface area contributed by atoms with E-state index in [0.29, 0.717) is 11.8 Å². The Hall–Kier alpha value is -2.66. The van der Waals surface area contributed by atoms with Crippen LogP contribution in [0.2, 0.25) is 0 Å². The van der Waals surface area contributed by atoms with E-state index in [1.807, 2.05) is 24.3 Å². The topological polar surface area (TPSA) is 18.5 Å². The van der Waals surface area contributed by atoms with E-state index in [0.717, 1.165) is 23.0 Å². The third kappa shape index (κ3) is 3.12. The molecule has 0 N–H and O–H groups in total. The van der Waals surface area contributed by atoms with Crippen molar-refractivity contribution in [2.75, 3.05) is 14.2 Å². The van der Waals surface area contributed by atoms with Crippen LogP contribution in [-0.2, 0) is 6.42 Å². The maximum atomic E-state index is 5.46. The van der Waals surface area contributed by atoms with Crippen LogP contribution in [-0.4, -0.2) is 14.2 Å². The van der Waals surface area contributed by atoms with Gasteiger partial charge in [-0.05, 0) is 97.4 Å². The van der Waals surface area contributed by atoms with E-state index in [4.69, 9.17) is 9.47 Å². The fourth-order valence-electron chi connectivity index (χ4n) is 6.26. The van der Waals surface area contributed by atoms with Crippen molar-refractivity contribution in [1.82, 2.24) is 0 Å². The van der Waals surface area contributed by atoms with Crippen LogP contribution in [0.5, 0.6) is 11.5 Å². The molecular weight excluding hydrogens is 368 g/mol. The van der Waals surface area contributed by atoms with E-state index < -0.39 is 0 Å². The third-order valence-corrected chi connectivity index (χ3v) is 7.95. The molecule has 4 atom stereocenters. The Morgan fingerprint density at radius 2 is 1.70 bits per heavy atom. The van der Waals surface area contributed by atoms with Gasteiger partial charge < -0.3 is 9.47 Å². The molecule has 2 nitrogen and oxygen atoms in total. The molecule has 154 valence electrons. The van der Waals surface area contributed by atoms with Gasteiger partial charge in [0, 0.05) is 16.6 Å². The molecule has 5 rings (SSSR count). The molecule has 0 saturated heterocycles. The number of allylic oxidation sites excluding steroid dienone is 2. The maximum absolute atomic E-state index is 5.46. The minimum atomic E-state index is 0.227. The minimum absolute atomic E-state index is 0.227. The third-order valence-electron chi connectivity index (χ3n) is 7.95. The maximum Gasteiger partial charge on any atom is 0.119 e. The molecule has 30 heavy (non-hydrogen) atoms. The Morgan fingerprint density at radius 1 is 0.933 bits per heavy atom. The molecule has 2 aromatic carbocycles. The van der Waals surface area contributed by atoms with Gasteiger partial charge in [0.05, 0.1) is 14.2 Å². The summed E-state index contributed by atoms with van der Waals surface area (Å²) in [5.74, 6) is 11.0. The molecule has 1 saturated carbocycles. The zero-order valence-electron chi connectivity index (χ0n) is 18.2. The first-order chi connectivity index (χ1) is 14.6. The van der Waals surface area contributed by atoms with E-state index in [-0.39, 0.29) is 5.41 Å². The van der Waals surface area contributed by atoms with Gasteiger partial charge >= 0.3 is 0 Å². The summed E-state index contributed by atoms with van der Waals surface area (Å²) in [6.45, 7) is 2.47. The number of aryl methyl sites for hydroxylation is 1. The van der Waals surface area contributed by atoms with Crippen molar-refractivity contribution in [3.05, 3.63) is 70.8 Å². The molecule has 0 bridgehead atoms. The average molecular weight is 399 g/mol. The molecule has 0 heterocycles. The van der Waals surface area contributed by atoms with Crippen molar-refractivity contribution < 1.29 is 9.47 Å². The Bertz CT molecular complexity index is 1040. The SMILES string of the molecule is COc1ccc(C#CC2=CC[C@H]3[C@@H]4CCc5cc(OC)ccc5[C@H]4CC[C@]23C)cc1. The number of benzene rings is 2. The van der Waals surface area contributed by atoms with Crippen molar-refractivity contribution in [3.63, 3.8) is 0 Å². The Kier molecular flexibility index (Phi) is 4.86. The van der Waals surface area contributed by atoms with Gasteiger partial charge in [-0.3, -0.25) is 0 Å². The van der Waals surface area contributed by atoms with Gasteiger partial charge in [0.2, 0.25) is 0 Å². The number of methoxy groups -OCH3 is 2. The molecule has 0 amide bonds. The Balaban J connectivity index is 1.38. The number of rotatable bonds is 2. The second-order valence-electron chi connectivity index (χ2n) is 9.27. The molecule has 2 aromatic rings. The first-order valence-electron chi connectivity index (χ1n) is 11.2. The largest absolute Gasteiger partial charge is 0.497 e. The smallest absolute Gasteiger partial charge is 0.119 e. The van der Waals surface area contributed by atoms with Gasteiger partial charge in [-0.2, -0.15) is 0 Å². The monoisotopic (exact) mass is 398 g/mol. The van der Waals surface area contributed by atoms with Gasteiger partial charge in [-0.25, -0.2) is 0 Å². The lowest BCUT2D eigenvalue weighted by atomic mass is 9.54. The summed E-state index contributed by atoms with van der Waals surface area (Å²) in [5.41, 5.74) is 5.72. The quantitative estimate of drug-likeness (QED) is 0.565. The lowest BCUT2D eigenvalue weighted by molar-refractivity contribution is 0.0781. The summed E-state index contributed by atoms with van der Waals surface area (Å²) in [6.07, 6.45) is 8.57. The number of fused-ring (bicyclic) bond motifs is 5. The summed E-state index contributed by atoms with van der Waals surface area (Å²) < 4.78 is 10.7. The van der Waals surface area contributed by atoms with Gasteiger partial charge in [-0.15, -0.1) is 0 Å². The molecule has 2 heteroatoms. The lowest BCUT2D eigenvalue weighted by Gasteiger charge is -2.49. The van der Waals surface area contributed by atoms with Crippen LogP contribution in [0.4, 0.5) is 0 Å². The fraction of sp³-hybridized carbons (Fsp3) is 0.429. The number of hydrogen-bond acceptors (Lipinski definition) is 2. The van der Waals surface area contributed by atoms with E-state index in [2.05, 4.69) is 43.0 Å². The normalized spacial score (nSPS) is 28.9. The van der Waals surface area contributed by atoms with E-state index in [1.165, 1.54) is 43.2 Å². The molecule has 0 aliphatic heterocycles. The van der Waals surface area contributed by atoms with Crippen molar-refractivity contribution in [3.8, 4) is 23.3 Å². The molecule has 1 fully saturated rings. The first-order valence-corrected chi connectivity index (χ1v) is 11.2. The van der Waals surface area contributed by atoms with Crippen molar-refractivity contribution in [2.24, 2.45) is 17.3 Å². The summed E-state index contributed by atoms with van der Waals surface area (Å²) in [5, 5.41) is 0. The van der Waals surface area contributed by atoms with Crippen LogP contribution in [0.1, 0.15) is 55.2 Å². The van der Waals surface area contributed by atoms with E-state index >= 15 is 0 Å². The van der Waals surface area contributed by atoms with Crippen LogP contribution in [0.25, 0.3) is 0 Å². The highest BCUT2D eigenvalue weighted by Gasteiger charge is 2.51. The van der Waals surface area contributed by atoms with Gasteiger partial charge in [0.1, 0.15) is 11.5 Å². The van der Waals surface area contributed by atoms with Gasteiger partial charge in [-0.1, -0.05) is 30.9 Å². The predicted molar refractivity (Wildman–Crippen MR) is 121 cm³/mol.